The van der Waals surface area contributed by atoms with Crippen LogP contribution in [0.2, 0.25) is 0 Å². The van der Waals surface area contributed by atoms with Crippen LogP contribution in [0.5, 0.6) is 5.75 Å². The zero-order valence-electron chi connectivity index (χ0n) is 14.7. The third-order valence-corrected chi connectivity index (χ3v) is 4.79. The van der Waals surface area contributed by atoms with Crippen molar-refractivity contribution in [2.45, 2.75) is 25.1 Å². The van der Waals surface area contributed by atoms with Crippen LogP contribution in [0.15, 0.2) is 42.5 Å². The molecule has 3 aromatic rings. The molecule has 1 heterocycles. The van der Waals surface area contributed by atoms with Gasteiger partial charge in [0.05, 0.1) is 6.04 Å². The number of aromatic nitrogens is 3. The van der Waals surface area contributed by atoms with E-state index in [0.29, 0.717) is 24.0 Å². The SMILES string of the molecule is O=C(NC1CCc2c(O)cccc21)c1nnn(-c2ccccc2F)c1C(F)(F)F. The van der Waals surface area contributed by atoms with Gasteiger partial charge in [-0.15, -0.1) is 5.10 Å². The average Bonchev–Trinajstić information content (AvgIpc) is 3.27. The normalized spacial score (nSPS) is 15.9. The number of para-hydroxylation sites is 1. The molecule has 1 unspecified atom stereocenters. The Kier molecular flexibility index (Phi) is 4.48. The van der Waals surface area contributed by atoms with Gasteiger partial charge in [-0.25, -0.2) is 9.07 Å². The van der Waals surface area contributed by atoms with E-state index in [1.165, 1.54) is 18.2 Å². The number of phenols is 1. The molecule has 29 heavy (non-hydrogen) atoms. The van der Waals surface area contributed by atoms with Crippen molar-refractivity contribution in [3.05, 3.63) is 70.8 Å². The lowest BCUT2D eigenvalue weighted by molar-refractivity contribution is -0.143. The molecule has 1 aliphatic carbocycles. The summed E-state index contributed by atoms with van der Waals surface area (Å²) in [5.41, 5.74) is -1.61. The number of amides is 1. The maximum absolute atomic E-state index is 14.0. The van der Waals surface area contributed by atoms with Gasteiger partial charge < -0.3 is 10.4 Å². The first-order chi connectivity index (χ1) is 13.8. The number of benzene rings is 2. The summed E-state index contributed by atoms with van der Waals surface area (Å²) in [4.78, 5) is 12.6. The van der Waals surface area contributed by atoms with Crippen molar-refractivity contribution >= 4 is 5.91 Å². The predicted octanol–water partition coefficient (Wildman–Crippen LogP) is 3.55. The van der Waals surface area contributed by atoms with Crippen molar-refractivity contribution in [3.63, 3.8) is 0 Å². The predicted molar refractivity (Wildman–Crippen MR) is 93.0 cm³/mol. The number of rotatable bonds is 3. The highest BCUT2D eigenvalue weighted by Gasteiger charge is 2.43. The summed E-state index contributed by atoms with van der Waals surface area (Å²) in [7, 11) is 0. The van der Waals surface area contributed by atoms with Crippen LogP contribution in [-0.4, -0.2) is 26.0 Å². The first kappa shape index (κ1) is 18.9. The summed E-state index contributed by atoms with van der Waals surface area (Å²) in [6, 6.07) is 8.97. The standard InChI is InChI=1S/C19H14F4N4O2/c20-12-5-1-2-6-14(12)27-17(19(21,22)23)16(25-26-27)18(29)24-13-9-8-11-10(13)4-3-7-15(11)28/h1-7,13,28H,8-9H2,(H,24,29). The third kappa shape index (κ3) is 3.30. The highest BCUT2D eigenvalue weighted by Crippen LogP contribution is 2.37. The van der Waals surface area contributed by atoms with Crippen LogP contribution >= 0.6 is 0 Å². The first-order valence-corrected chi connectivity index (χ1v) is 8.66. The molecule has 1 aliphatic rings. The molecular weight excluding hydrogens is 392 g/mol. The van der Waals surface area contributed by atoms with Gasteiger partial charge in [0, 0.05) is 0 Å². The molecular formula is C19H14F4N4O2. The Labute approximate surface area is 161 Å². The Bertz CT molecular complexity index is 1090. The van der Waals surface area contributed by atoms with Crippen LogP contribution in [0, 0.1) is 5.82 Å². The number of hydrogen-bond donors (Lipinski definition) is 2. The van der Waals surface area contributed by atoms with Gasteiger partial charge in [-0.2, -0.15) is 13.2 Å². The minimum absolute atomic E-state index is 0.0701. The fourth-order valence-corrected chi connectivity index (χ4v) is 3.49. The van der Waals surface area contributed by atoms with Crippen molar-refractivity contribution in [1.29, 1.82) is 0 Å². The maximum Gasteiger partial charge on any atom is 0.435 e. The first-order valence-electron chi connectivity index (χ1n) is 8.66. The number of hydrogen-bond acceptors (Lipinski definition) is 4. The van der Waals surface area contributed by atoms with E-state index in [4.69, 9.17) is 0 Å². The molecule has 2 aromatic carbocycles. The monoisotopic (exact) mass is 406 g/mol. The molecule has 150 valence electrons. The van der Waals surface area contributed by atoms with Crippen molar-refractivity contribution in [1.82, 2.24) is 20.3 Å². The second kappa shape index (κ2) is 6.87. The number of carbonyl (C=O) groups excluding carboxylic acids is 1. The van der Waals surface area contributed by atoms with Crippen molar-refractivity contribution in [3.8, 4) is 11.4 Å². The van der Waals surface area contributed by atoms with Gasteiger partial charge in [0.15, 0.2) is 11.4 Å². The van der Waals surface area contributed by atoms with E-state index in [1.54, 1.807) is 12.1 Å². The molecule has 2 N–H and O–H groups in total. The second-order valence-electron chi connectivity index (χ2n) is 6.56. The highest BCUT2D eigenvalue weighted by atomic mass is 19.4. The molecule has 10 heteroatoms. The summed E-state index contributed by atoms with van der Waals surface area (Å²) < 4.78 is 55.3. The fourth-order valence-electron chi connectivity index (χ4n) is 3.49. The molecule has 6 nitrogen and oxygen atoms in total. The van der Waals surface area contributed by atoms with Crippen LogP contribution in [-0.2, 0) is 12.6 Å². The minimum Gasteiger partial charge on any atom is -0.508 e. The summed E-state index contributed by atoms with van der Waals surface area (Å²) in [6.45, 7) is 0. The lowest BCUT2D eigenvalue weighted by Gasteiger charge is -2.15. The van der Waals surface area contributed by atoms with E-state index in [1.807, 2.05) is 0 Å². The summed E-state index contributed by atoms with van der Waals surface area (Å²) in [5.74, 6) is -1.95. The fraction of sp³-hybridized carbons (Fsp3) is 0.211. The molecule has 0 fully saturated rings. The van der Waals surface area contributed by atoms with Crippen LogP contribution in [0.25, 0.3) is 5.69 Å². The van der Waals surface area contributed by atoms with E-state index in [9.17, 15) is 27.5 Å². The Hall–Kier alpha value is -3.43. The molecule has 0 aliphatic heterocycles. The zero-order valence-corrected chi connectivity index (χ0v) is 14.7. The van der Waals surface area contributed by atoms with Gasteiger partial charge in [0.1, 0.15) is 17.3 Å². The van der Waals surface area contributed by atoms with Crippen LogP contribution < -0.4 is 5.32 Å². The second-order valence-corrected chi connectivity index (χ2v) is 6.56. The Morgan fingerprint density at radius 1 is 1.17 bits per heavy atom. The Morgan fingerprint density at radius 3 is 2.66 bits per heavy atom. The molecule has 1 amide bonds. The number of nitrogens with one attached hydrogen (secondary N) is 1. The van der Waals surface area contributed by atoms with E-state index in [-0.39, 0.29) is 10.4 Å². The number of fused-ring (bicyclic) bond motifs is 1. The smallest absolute Gasteiger partial charge is 0.435 e. The molecule has 4 rings (SSSR count). The van der Waals surface area contributed by atoms with Gasteiger partial charge in [-0.05, 0) is 42.2 Å². The van der Waals surface area contributed by atoms with Crippen molar-refractivity contribution < 1.29 is 27.5 Å². The Morgan fingerprint density at radius 2 is 1.93 bits per heavy atom. The molecule has 0 spiro atoms. The number of alkyl halides is 3. The van der Waals surface area contributed by atoms with Crippen LogP contribution in [0.3, 0.4) is 0 Å². The summed E-state index contributed by atoms with van der Waals surface area (Å²) >= 11 is 0. The van der Waals surface area contributed by atoms with Crippen molar-refractivity contribution in [2.75, 3.05) is 0 Å². The minimum atomic E-state index is -5.00. The molecule has 1 atom stereocenters. The average molecular weight is 406 g/mol. The third-order valence-electron chi connectivity index (χ3n) is 4.79. The lowest BCUT2D eigenvalue weighted by atomic mass is 10.1. The molecule has 0 saturated heterocycles. The molecule has 0 saturated carbocycles. The number of aromatic hydroxyl groups is 1. The molecule has 0 bridgehead atoms. The topological polar surface area (TPSA) is 80.0 Å². The van der Waals surface area contributed by atoms with Gasteiger partial charge in [-0.1, -0.05) is 29.5 Å². The van der Waals surface area contributed by atoms with Gasteiger partial charge in [0.2, 0.25) is 0 Å². The number of carbonyl (C=O) groups is 1. The van der Waals surface area contributed by atoms with Gasteiger partial charge in [0.25, 0.3) is 5.91 Å². The van der Waals surface area contributed by atoms with Gasteiger partial charge in [-0.3, -0.25) is 4.79 Å². The summed E-state index contributed by atoms with van der Waals surface area (Å²) in [5, 5.41) is 19.1. The quantitative estimate of drug-likeness (QED) is 0.652. The zero-order chi connectivity index (χ0) is 20.8. The Balaban J connectivity index is 1.70. The molecule has 1 aromatic heterocycles. The number of nitrogens with zero attached hydrogens (tertiary/aromatic N) is 3. The van der Waals surface area contributed by atoms with E-state index >= 15 is 0 Å². The lowest BCUT2D eigenvalue weighted by Crippen LogP contribution is -2.30. The van der Waals surface area contributed by atoms with Crippen LogP contribution in [0.1, 0.15) is 39.8 Å². The van der Waals surface area contributed by atoms with E-state index in [2.05, 4.69) is 15.6 Å². The van der Waals surface area contributed by atoms with Gasteiger partial charge >= 0.3 is 6.18 Å². The van der Waals surface area contributed by atoms with E-state index < -0.39 is 41.0 Å². The summed E-state index contributed by atoms with van der Waals surface area (Å²) in [6.07, 6.45) is -4.10. The number of phenolic OH excluding ortho intramolecular Hbond substituents is 1. The highest BCUT2D eigenvalue weighted by molar-refractivity contribution is 5.94. The van der Waals surface area contributed by atoms with Crippen molar-refractivity contribution in [2.24, 2.45) is 0 Å². The maximum atomic E-state index is 14.0. The molecule has 0 radical (unpaired) electrons. The van der Waals surface area contributed by atoms with E-state index in [0.717, 1.165) is 12.1 Å². The number of halogens is 4. The largest absolute Gasteiger partial charge is 0.508 e. The van der Waals surface area contributed by atoms with Crippen LogP contribution in [0.4, 0.5) is 17.6 Å².